The van der Waals surface area contributed by atoms with Gasteiger partial charge in [-0.05, 0) is 25.1 Å². The Bertz CT molecular complexity index is 889. The van der Waals surface area contributed by atoms with Crippen LogP contribution in [0.4, 0.5) is 22.0 Å². The van der Waals surface area contributed by atoms with E-state index in [0.29, 0.717) is 4.68 Å². The molecule has 13 heteroatoms. The van der Waals surface area contributed by atoms with Gasteiger partial charge in [0.05, 0.1) is 23.3 Å². The third-order valence-electron chi connectivity index (χ3n) is 4.13. The van der Waals surface area contributed by atoms with Gasteiger partial charge in [0.1, 0.15) is 12.3 Å². The average molecular weight is 432 g/mol. The molecule has 30 heavy (non-hydrogen) atoms. The van der Waals surface area contributed by atoms with Gasteiger partial charge in [0, 0.05) is 6.20 Å². The fourth-order valence-corrected chi connectivity index (χ4v) is 2.81. The molecule has 0 saturated heterocycles. The molecular formula is C17H19B2F5N2O4. The Hall–Kier alpha value is -2.56. The molecule has 0 radical (unpaired) electrons. The first kappa shape index (κ1) is 23.7. The number of hydrogen-bond acceptors (Lipinski definition) is 5. The van der Waals surface area contributed by atoms with Gasteiger partial charge >= 0.3 is 18.1 Å². The van der Waals surface area contributed by atoms with Gasteiger partial charge in [-0.25, -0.2) is 4.79 Å². The first-order valence-electron chi connectivity index (χ1n) is 8.89. The molecule has 1 heterocycles. The topological polar surface area (TPSA) is 73.6 Å². The van der Waals surface area contributed by atoms with Crippen molar-refractivity contribution < 1.29 is 41.3 Å². The van der Waals surface area contributed by atoms with Gasteiger partial charge in [0.2, 0.25) is 6.10 Å². The number of nitrogens with zero attached hydrogens (tertiary/aromatic N) is 2. The van der Waals surface area contributed by atoms with Gasteiger partial charge in [0.25, 0.3) is 0 Å². The third-order valence-corrected chi connectivity index (χ3v) is 4.13. The summed E-state index contributed by atoms with van der Waals surface area (Å²) in [4.78, 5) is 11.6. The van der Waals surface area contributed by atoms with E-state index in [9.17, 15) is 31.9 Å². The van der Waals surface area contributed by atoms with E-state index < -0.39 is 47.4 Å². The van der Waals surface area contributed by atoms with Crippen molar-refractivity contribution >= 4 is 21.7 Å². The zero-order valence-corrected chi connectivity index (χ0v) is 16.4. The maximum absolute atomic E-state index is 14.8. The second kappa shape index (κ2) is 8.66. The zero-order chi connectivity index (χ0) is 22.7. The summed E-state index contributed by atoms with van der Waals surface area (Å²) in [5.74, 6) is -6.01. The molecule has 1 aromatic heterocycles. The van der Waals surface area contributed by atoms with Gasteiger partial charge in [-0.15, -0.1) is 0 Å². The number of rotatable bonds is 8. The Morgan fingerprint density at radius 1 is 1.20 bits per heavy atom. The molecule has 1 N–H and O–H groups in total. The molecule has 0 aliphatic carbocycles. The lowest BCUT2D eigenvalue weighted by atomic mass is 9.63. The summed E-state index contributed by atoms with van der Waals surface area (Å²) in [6, 6.07) is 6.00. The van der Waals surface area contributed by atoms with E-state index in [1.807, 2.05) is 0 Å². The Kier molecular flexibility index (Phi) is 6.85. The number of alkyl halides is 5. The molecule has 0 saturated carbocycles. The van der Waals surface area contributed by atoms with Crippen molar-refractivity contribution in [2.45, 2.75) is 37.1 Å². The molecule has 2 aromatic rings. The predicted molar refractivity (Wildman–Crippen MR) is 101 cm³/mol. The summed E-state index contributed by atoms with van der Waals surface area (Å²) in [5, 5.41) is 11.9. The number of hydrogen-bond donors (Lipinski definition) is 1. The van der Waals surface area contributed by atoms with Crippen LogP contribution < -0.4 is 4.74 Å². The highest BCUT2D eigenvalue weighted by atomic mass is 19.4. The van der Waals surface area contributed by atoms with Crippen LogP contribution in [-0.2, 0) is 27.4 Å². The van der Waals surface area contributed by atoms with E-state index in [1.165, 1.54) is 40.8 Å². The quantitative estimate of drug-likeness (QED) is 0.382. The van der Waals surface area contributed by atoms with Crippen molar-refractivity contribution in [1.29, 1.82) is 0 Å². The van der Waals surface area contributed by atoms with Crippen LogP contribution in [0.1, 0.15) is 18.2 Å². The predicted octanol–water partition coefficient (Wildman–Crippen LogP) is 0.917. The summed E-state index contributed by atoms with van der Waals surface area (Å²) in [7, 11) is 2.77. The van der Waals surface area contributed by atoms with Crippen LogP contribution in [0.2, 0.25) is 0 Å². The summed E-state index contributed by atoms with van der Waals surface area (Å²) in [6.45, 7) is -0.200. The van der Waals surface area contributed by atoms with Crippen LogP contribution in [0.25, 0.3) is 0 Å². The number of aliphatic hydroxyl groups excluding tert-OH is 1. The third kappa shape index (κ3) is 5.32. The van der Waals surface area contributed by atoms with Crippen LogP contribution >= 0.6 is 0 Å². The summed E-state index contributed by atoms with van der Waals surface area (Å²) in [6.07, 6.45) is -6.20. The smallest absolute Gasteiger partial charge is 0.408 e. The molecule has 162 valence electrons. The highest BCUT2D eigenvalue weighted by Gasteiger charge is 2.48. The van der Waals surface area contributed by atoms with Gasteiger partial charge in [-0.2, -0.15) is 27.1 Å². The van der Waals surface area contributed by atoms with Gasteiger partial charge in [-0.1, -0.05) is 12.1 Å². The van der Waals surface area contributed by atoms with Crippen molar-refractivity contribution in [3.63, 3.8) is 0 Å². The first-order chi connectivity index (χ1) is 13.8. The number of carbonyl (C=O) groups is 1. The number of benzene rings is 1. The molecule has 6 nitrogen and oxygen atoms in total. The number of esters is 1. The summed E-state index contributed by atoms with van der Waals surface area (Å²) < 4.78 is 78.7. The van der Waals surface area contributed by atoms with Gasteiger partial charge < -0.3 is 14.6 Å². The number of carbonyl (C=O) groups excluding carboxylic acids is 1. The second-order valence-electron chi connectivity index (χ2n) is 6.88. The largest absolute Gasteiger partial charge is 0.499 e. The van der Waals surface area contributed by atoms with Gasteiger partial charge in [-0.3, -0.25) is 4.68 Å². The van der Waals surface area contributed by atoms with Crippen LogP contribution in [0, 0.1) is 0 Å². The van der Waals surface area contributed by atoms with Crippen LogP contribution in [0.15, 0.2) is 36.5 Å². The van der Waals surface area contributed by atoms with Crippen molar-refractivity contribution in [2.75, 3.05) is 6.61 Å². The maximum atomic E-state index is 14.8. The van der Waals surface area contributed by atoms with Crippen molar-refractivity contribution in [3.05, 3.63) is 47.8 Å². The summed E-state index contributed by atoms with van der Waals surface area (Å²) in [5.41, 5.74) is -0.829. The lowest BCUT2D eigenvalue weighted by Gasteiger charge is -2.31. The molecule has 0 fully saturated rings. The fraction of sp³-hybridized carbons (Fsp3) is 0.412. The second-order valence-corrected chi connectivity index (χ2v) is 6.88. The standard InChI is InChI=1S/C17H19B2F5N2O4/c1-2-29-14(28)13(27)16(23,24)10-5-3-4-6-11(10)30-17(18,19)12-7-8-25-26(12)9-15(20,21)22/h3-8,13,27H,2,9,18-19H2,1H3/t13-/m1/s1. The molecular weight excluding hydrogens is 413 g/mol. The average Bonchev–Trinajstić information content (AvgIpc) is 3.08. The van der Waals surface area contributed by atoms with Crippen molar-refractivity contribution in [1.82, 2.24) is 9.78 Å². The molecule has 0 amide bonds. The van der Waals surface area contributed by atoms with E-state index in [0.717, 1.165) is 18.3 Å². The van der Waals surface area contributed by atoms with Gasteiger partial charge in [0.15, 0.2) is 15.7 Å². The van der Waals surface area contributed by atoms with E-state index in [-0.39, 0.29) is 12.3 Å². The summed E-state index contributed by atoms with van der Waals surface area (Å²) >= 11 is 0. The molecule has 1 aromatic carbocycles. The maximum Gasteiger partial charge on any atom is 0.408 e. The van der Waals surface area contributed by atoms with E-state index in [2.05, 4.69) is 9.84 Å². The Balaban J connectivity index is 2.39. The molecule has 0 unspecified atom stereocenters. The number of ether oxygens (including phenoxy) is 2. The Morgan fingerprint density at radius 2 is 1.83 bits per heavy atom. The monoisotopic (exact) mass is 432 g/mol. The number of aliphatic hydroxyl groups is 1. The van der Waals surface area contributed by atoms with E-state index in [1.54, 1.807) is 0 Å². The van der Waals surface area contributed by atoms with E-state index >= 15 is 0 Å². The normalized spacial score (nSPS) is 13.7. The molecule has 0 bridgehead atoms. The lowest BCUT2D eigenvalue weighted by Crippen LogP contribution is -2.41. The lowest BCUT2D eigenvalue weighted by molar-refractivity contribution is -0.179. The molecule has 0 aliphatic heterocycles. The van der Waals surface area contributed by atoms with Crippen LogP contribution in [0.3, 0.4) is 0 Å². The highest BCUT2D eigenvalue weighted by molar-refractivity contribution is 6.38. The molecule has 2 rings (SSSR count). The van der Waals surface area contributed by atoms with Crippen LogP contribution in [0.5, 0.6) is 5.75 Å². The Morgan fingerprint density at radius 3 is 2.43 bits per heavy atom. The highest BCUT2D eigenvalue weighted by Crippen LogP contribution is 2.40. The van der Waals surface area contributed by atoms with Crippen LogP contribution in [-0.4, -0.2) is 55.4 Å². The number of halogens is 5. The van der Waals surface area contributed by atoms with E-state index in [4.69, 9.17) is 4.74 Å². The SMILES string of the molecule is BC(B)(Oc1ccccc1C(F)(F)[C@H](O)C(=O)OCC)c1ccnn1CC(F)(F)F. The minimum absolute atomic E-state index is 0.0103. The first-order valence-corrected chi connectivity index (χ1v) is 8.89. The molecule has 0 spiro atoms. The van der Waals surface area contributed by atoms with Crippen molar-refractivity contribution in [2.24, 2.45) is 0 Å². The zero-order valence-electron chi connectivity index (χ0n) is 16.4. The fourth-order valence-electron chi connectivity index (χ4n) is 2.81. The number of aromatic nitrogens is 2. The minimum atomic E-state index is -4.55. The number of para-hydroxylation sites is 1. The Labute approximate surface area is 170 Å². The molecule has 0 aliphatic rings. The van der Waals surface area contributed by atoms with Crippen molar-refractivity contribution in [3.8, 4) is 5.75 Å². The molecule has 1 atom stereocenters. The minimum Gasteiger partial charge on any atom is -0.499 e.